The zero-order valence-electron chi connectivity index (χ0n) is 16.9. The molecule has 0 aliphatic carbocycles. The van der Waals surface area contributed by atoms with Gasteiger partial charge in [0.1, 0.15) is 15.9 Å². The van der Waals surface area contributed by atoms with Crippen LogP contribution in [0.4, 0.5) is 5.00 Å². The molecule has 152 valence electrons. The second-order valence-corrected chi connectivity index (χ2v) is 7.62. The van der Waals surface area contributed by atoms with E-state index in [-0.39, 0.29) is 34.1 Å². The Morgan fingerprint density at radius 3 is 2.43 bits per heavy atom. The van der Waals surface area contributed by atoms with Crippen molar-refractivity contribution in [1.82, 2.24) is 9.78 Å². The molecule has 2 heterocycles. The minimum atomic E-state index is -0.601. The van der Waals surface area contributed by atoms with Crippen LogP contribution < -0.4 is 5.32 Å². The van der Waals surface area contributed by atoms with Crippen molar-refractivity contribution in [2.75, 3.05) is 11.9 Å². The molecular formula is C19H25N3O5S. The predicted molar refractivity (Wildman–Crippen MR) is 106 cm³/mol. The molecule has 28 heavy (non-hydrogen) atoms. The molecule has 2 rings (SSSR count). The molecule has 0 saturated carbocycles. The summed E-state index contributed by atoms with van der Waals surface area (Å²) in [6, 6.07) is -0.601. The van der Waals surface area contributed by atoms with Crippen LogP contribution >= 0.6 is 11.3 Å². The number of thiophene rings is 1. The van der Waals surface area contributed by atoms with Gasteiger partial charge in [0, 0.05) is 6.20 Å². The topological polar surface area (TPSA) is 99.5 Å². The number of anilines is 1. The van der Waals surface area contributed by atoms with Crippen LogP contribution in [0.15, 0.2) is 12.4 Å². The molecule has 0 spiro atoms. The number of aryl methyl sites for hydroxylation is 1. The van der Waals surface area contributed by atoms with Gasteiger partial charge in [-0.3, -0.25) is 9.48 Å². The summed E-state index contributed by atoms with van der Waals surface area (Å²) in [5.74, 6) is -1.50. The van der Waals surface area contributed by atoms with Crippen LogP contribution in [0.25, 0.3) is 0 Å². The highest BCUT2D eigenvalue weighted by Crippen LogP contribution is 2.35. The first-order valence-electron chi connectivity index (χ1n) is 8.98. The first kappa shape index (κ1) is 21.6. The first-order valence-corrected chi connectivity index (χ1v) is 9.80. The minimum Gasteiger partial charge on any atom is -0.462 e. The Labute approximate surface area is 167 Å². The molecule has 0 bridgehead atoms. The summed E-state index contributed by atoms with van der Waals surface area (Å²) in [7, 11) is 0. The van der Waals surface area contributed by atoms with Crippen LogP contribution in [0.5, 0.6) is 0 Å². The summed E-state index contributed by atoms with van der Waals surface area (Å²) in [6.07, 6.45) is 3.07. The molecule has 9 heteroatoms. The second kappa shape index (κ2) is 9.01. The Morgan fingerprint density at radius 2 is 1.89 bits per heavy atom. The highest BCUT2D eigenvalue weighted by Gasteiger charge is 2.29. The molecule has 0 aliphatic heterocycles. The molecule has 2 aromatic rings. The monoisotopic (exact) mass is 407 g/mol. The van der Waals surface area contributed by atoms with Crippen molar-refractivity contribution < 1.29 is 23.9 Å². The zero-order chi connectivity index (χ0) is 21.0. The molecule has 0 radical (unpaired) electrons. The van der Waals surface area contributed by atoms with Gasteiger partial charge in [-0.05, 0) is 52.7 Å². The van der Waals surface area contributed by atoms with Crippen LogP contribution in [0.1, 0.15) is 64.9 Å². The molecule has 0 saturated heterocycles. The van der Waals surface area contributed by atoms with Crippen LogP contribution in [0, 0.1) is 13.8 Å². The smallest absolute Gasteiger partial charge is 0.348 e. The molecule has 0 aliphatic rings. The van der Waals surface area contributed by atoms with E-state index in [0.717, 1.165) is 16.9 Å². The SMILES string of the molecule is CCOC(=O)c1sc(NC(=O)C(C)n2cc(C)cn2)c(C(=O)OC(C)C)c1C. The molecule has 0 fully saturated rings. The summed E-state index contributed by atoms with van der Waals surface area (Å²) in [4.78, 5) is 37.8. The van der Waals surface area contributed by atoms with Crippen molar-refractivity contribution in [2.45, 2.75) is 53.7 Å². The minimum absolute atomic E-state index is 0.166. The quantitative estimate of drug-likeness (QED) is 0.705. The van der Waals surface area contributed by atoms with E-state index in [1.165, 1.54) is 4.68 Å². The van der Waals surface area contributed by atoms with E-state index in [9.17, 15) is 14.4 Å². The average Bonchev–Trinajstić information content (AvgIpc) is 3.17. The Balaban J connectivity index is 2.37. The van der Waals surface area contributed by atoms with Crippen LogP contribution in [0.2, 0.25) is 0 Å². The molecule has 0 aromatic carbocycles. The first-order chi connectivity index (χ1) is 13.1. The number of amides is 1. The number of nitrogens with one attached hydrogen (secondary N) is 1. The summed E-state index contributed by atoms with van der Waals surface area (Å²) >= 11 is 0.999. The molecule has 8 nitrogen and oxygen atoms in total. The normalized spacial score (nSPS) is 12.0. The number of nitrogens with zero attached hydrogens (tertiary/aromatic N) is 2. The van der Waals surface area contributed by atoms with Crippen LogP contribution in [-0.2, 0) is 14.3 Å². The molecule has 1 unspecified atom stereocenters. The largest absolute Gasteiger partial charge is 0.462 e. The van der Waals surface area contributed by atoms with Gasteiger partial charge in [-0.15, -0.1) is 11.3 Å². The lowest BCUT2D eigenvalue weighted by Gasteiger charge is -2.13. The fraction of sp³-hybridized carbons (Fsp3) is 0.474. The Morgan fingerprint density at radius 1 is 1.21 bits per heavy atom. The number of aromatic nitrogens is 2. The number of hydrogen-bond donors (Lipinski definition) is 1. The van der Waals surface area contributed by atoms with E-state index in [0.29, 0.717) is 5.56 Å². The number of rotatable bonds is 7. The fourth-order valence-corrected chi connectivity index (χ4v) is 3.58. The third kappa shape index (κ3) is 4.78. The Kier molecular flexibility index (Phi) is 6.95. The van der Waals surface area contributed by atoms with E-state index < -0.39 is 18.0 Å². The lowest BCUT2D eigenvalue weighted by atomic mass is 10.1. The van der Waals surface area contributed by atoms with E-state index in [1.54, 1.807) is 47.0 Å². The summed E-state index contributed by atoms with van der Waals surface area (Å²) in [5, 5.41) is 7.14. The van der Waals surface area contributed by atoms with Crippen molar-refractivity contribution in [3.63, 3.8) is 0 Å². The summed E-state index contributed by atoms with van der Waals surface area (Å²) < 4.78 is 11.9. The van der Waals surface area contributed by atoms with Crippen LogP contribution in [0.3, 0.4) is 0 Å². The van der Waals surface area contributed by atoms with Gasteiger partial charge < -0.3 is 14.8 Å². The van der Waals surface area contributed by atoms with Gasteiger partial charge in [0.15, 0.2) is 0 Å². The van der Waals surface area contributed by atoms with E-state index >= 15 is 0 Å². The lowest BCUT2D eigenvalue weighted by Crippen LogP contribution is -2.24. The Hall–Kier alpha value is -2.68. The molecule has 1 amide bonds. The lowest BCUT2D eigenvalue weighted by molar-refractivity contribution is -0.119. The van der Waals surface area contributed by atoms with Crippen molar-refractivity contribution in [1.29, 1.82) is 0 Å². The standard InChI is InChI=1S/C19H25N3O5S/c1-7-26-19(25)15-12(5)14(18(24)27-10(2)3)17(28-15)21-16(23)13(6)22-9-11(4)8-20-22/h8-10,13H,7H2,1-6H3,(H,21,23). The van der Waals surface area contributed by atoms with Crippen molar-refractivity contribution in [3.05, 3.63) is 34.0 Å². The van der Waals surface area contributed by atoms with Crippen molar-refractivity contribution in [2.24, 2.45) is 0 Å². The number of carbonyl (C=O) groups is 3. The van der Waals surface area contributed by atoms with Crippen molar-refractivity contribution in [3.8, 4) is 0 Å². The highest BCUT2D eigenvalue weighted by molar-refractivity contribution is 7.18. The number of carbonyl (C=O) groups excluding carboxylic acids is 3. The molecule has 2 aromatic heterocycles. The molecular weight excluding hydrogens is 382 g/mol. The van der Waals surface area contributed by atoms with Gasteiger partial charge in [0.2, 0.25) is 5.91 Å². The number of hydrogen-bond acceptors (Lipinski definition) is 7. The van der Waals surface area contributed by atoms with Gasteiger partial charge in [-0.2, -0.15) is 5.10 Å². The molecule has 1 N–H and O–H groups in total. The Bertz CT molecular complexity index is 884. The predicted octanol–water partition coefficient (Wildman–Crippen LogP) is 3.50. The third-order valence-electron chi connectivity index (χ3n) is 3.90. The van der Waals surface area contributed by atoms with Gasteiger partial charge in [0.05, 0.1) is 24.5 Å². The van der Waals surface area contributed by atoms with Gasteiger partial charge in [-0.25, -0.2) is 9.59 Å². The van der Waals surface area contributed by atoms with E-state index in [2.05, 4.69) is 10.4 Å². The van der Waals surface area contributed by atoms with Gasteiger partial charge in [-0.1, -0.05) is 0 Å². The van der Waals surface area contributed by atoms with Gasteiger partial charge >= 0.3 is 11.9 Å². The van der Waals surface area contributed by atoms with Crippen molar-refractivity contribution >= 4 is 34.2 Å². The maximum atomic E-state index is 12.7. The molecule has 1 atom stereocenters. The third-order valence-corrected chi connectivity index (χ3v) is 5.09. The fourth-order valence-electron chi connectivity index (χ4n) is 2.49. The number of esters is 2. The highest BCUT2D eigenvalue weighted by atomic mass is 32.1. The summed E-state index contributed by atoms with van der Waals surface area (Å²) in [6.45, 7) is 10.6. The van der Waals surface area contributed by atoms with E-state index in [4.69, 9.17) is 9.47 Å². The number of ether oxygens (including phenoxy) is 2. The van der Waals surface area contributed by atoms with Crippen LogP contribution in [-0.4, -0.2) is 40.3 Å². The average molecular weight is 407 g/mol. The maximum Gasteiger partial charge on any atom is 0.348 e. The summed E-state index contributed by atoms with van der Waals surface area (Å²) in [5.41, 5.74) is 1.52. The zero-order valence-corrected chi connectivity index (χ0v) is 17.7. The van der Waals surface area contributed by atoms with Gasteiger partial charge in [0.25, 0.3) is 0 Å². The van der Waals surface area contributed by atoms with E-state index in [1.807, 2.05) is 6.92 Å². The second-order valence-electron chi connectivity index (χ2n) is 6.60. The maximum absolute atomic E-state index is 12.7.